The average molecular weight is 262 g/mol. The summed E-state index contributed by atoms with van der Waals surface area (Å²) in [4.78, 5) is 1.26. The Labute approximate surface area is 112 Å². The normalized spacial score (nSPS) is 11.8. The molecule has 0 saturated heterocycles. The average Bonchev–Trinajstić information content (AvgIpc) is 2.78. The first-order valence-corrected chi connectivity index (χ1v) is 7.04. The molecule has 18 heavy (non-hydrogen) atoms. The zero-order valence-electron chi connectivity index (χ0n) is 10.9. The predicted molar refractivity (Wildman–Crippen MR) is 74.6 cm³/mol. The van der Waals surface area contributed by atoms with Crippen LogP contribution in [0.1, 0.15) is 25.1 Å². The Morgan fingerprint density at radius 3 is 2.44 bits per heavy atom. The molecular formula is C13H18N4S. The molecule has 0 unspecified atom stereocenters. The molecule has 2 aromatic rings. The van der Waals surface area contributed by atoms with Gasteiger partial charge in [-0.05, 0) is 37.8 Å². The monoisotopic (exact) mass is 262 g/mol. The van der Waals surface area contributed by atoms with Crippen LogP contribution in [0.15, 0.2) is 35.4 Å². The summed E-state index contributed by atoms with van der Waals surface area (Å²) in [5, 5.41) is 8.20. The first-order valence-electron chi connectivity index (χ1n) is 5.81. The van der Waals surface area contributed by atoms with E-state index >= 15 is 0 Å². The Kier molecular flexibility index (Phi) is 3.73. The number of nitrogens with zero attached hydrogens (tertiary/aromatic N) is 3. The molecule has 0 aliphatic carbocycles. The summed E-state index contributed by atoms with van der Waals surface area (Å²) in [6.07, 6.45) is 3.98. The molecule has 96 valence electrons. The van der Waals surface area contributed by atoms with Gasteiger partial charge in [-0.15, -0.1) is 16.9 Å². The van der Waals surface area contributed by atoms with Crippen molar-refractivity contribution in [1.82, 2.24) is 15.0 Å². The second-order valence-corrected chi connectivity index (χ2v) is 5.75. The summed E-state index contributed by atoms with van der Waals surface area (Å²) in [7, 11) is 0. The summed E-state index contributed by atoms with van der Waals surface area (Å²) in [5.41, 5.74) is 7.56. The van der Waals surface area contributed by atoms with Gasteiger partial charge in [0.15, 0.2) is 0 Å². The van der Waals surface area contributed by atoms with Gasteiger partial charge in [-0.3, -0.25) is 0 Å². The lowest BCUT2D eigenvalue weighted by molar-refractivity contribution is 0.533. The van der Waals surface area contributed by atoms with E-state index in [1.165, 1.54) is 10.5 Å². The molecule has 2 rings (SSSR count). The van der Waals surface area contributed by atoms with Crippen LogP contribution in [0.5, 0.6) is 0 Å². The van der Waals surface area contributed by atoms with E-state index in [1.54, 1.807) is 11.8 Å². The fourth-order valence-corrected chi connectivity index (χ4v) is 2.00. The standard InChI is InChI=1S/C13H18N4S/c1-13(2,14)12-9-17(16-15-12)8-10-4-6-11(18-3)7-5-10/h4-7,9H,8,14H2,1-3H3. The number of nitrogens with two attached hydrogens (primary N) is 1. The van der Waals surface area contributed by atoms with Crippen molar-refractivity contribution in [3.8, 4) is 0 Å². The highest BCUT2D eigenvalue weighted by Gasteiger charge is 2.18. The van der Waals surface area contributed by atoms with Crippen LogP contribution in [0.2, 0.25) is 0 Å². The maximum absolute atomic E-state index is 5.98. The van der Waals surface area contributed by atoms with Crippen LogP contribution in [-0.4, -0.2) is 21.2 Å². The molecule has 4 nitrogen and oxygen atoms in total. The van der Waals surface area contributed by atoms with Crippen LogP contribution in [0.3, 0.4) is 0 Å². The van der Waals surface area contributed by atoms with Gasteiger partial charge >= 0.3 is 0 Å². The Bertz CT molecular complexity index is 511. The van der Waals surface area contributed by atoms with E-state index in [4.69, 9.17) is 5.73 Å². The van der Waals surface area contributed by atoms with Gasteiger partial charge in [0.25, 0.3) is 0 Å². The lowest BCUT2D eigenvalue weighted by Crippen LogP contribution is -2.29. The molecule has 0 fully saturated rings. The van der Waals surface area contributed by atoms with Crippen molar-refractivity contribution < 1.29 is 0 Å². The Balaban J connectivity index is 2.11. The highest BCUT2D eigenvalue weighted by molar-refractivity contribution is 7.98. The van der Waals surface area contributed by atoms with Gasteiger partial charge in [0.05, 0.1) is 18.3 Å². The molecule has 0 saturated carbocycles. The van der Waals surface area contributed by atoms with Crippen LogP contribution in [0, 0.1) is 0 Å². The summed E-state index contributed by atoms with van der Waals surface area (Å²) >= 11 is 1.74. The quantitative estimate of drug-likeness (QED) is 0.859. The van der Waals surface area contributed by atoms with E-state index in [0.717, 1.165) is 12.2 Å². The van der Waals surface area contributed by atoms with E-state index in [9.17, 15) is 0 Å². The van der Waals surface area contributed by atoms with Gasteiger partial charge in [0.2, 0.25) is 0 Å². The zero-order valence-corrected chi connectivity index (χ0v) is 11.7. The number of hydrogen-bond donors (Lipinski definition) is 1. The van der Waals surface area contributed by atoms with Gasteiger partial charge in [-0.25, -0.2) is 4.68 Å². The van der Waals surface area contributed by atoms with Gasteiger partial charge in [-0.1, -0.05) is 17.3 Å². The lowest BCUT2D eigenvalue weighted by Gasteiger charge is -2.13. The SMILES string of the molecule is CSc1ccc(Cn2cc(C(C)(C)N)nn2)cc1. The third kappa shape index (κ3) is 3.11. The zero-order chi connectivity index (χ0) is 13.2. The minimum atomic E-state index is -0.443. The van der Waals surface area contributed by atoms with E-state index in [2.05, 4.69) is 40.8 Å². The second-order valence-electron chi connectivity index (χ2n) is 4.87. The minimum absolute atomic E-state index is 0.443. The topological polar surface area (TPSA) is 56.7 Å². The molecule has 0 spiro atoms. The van der Waals surface area contributed by atoms with Gasteiger partial charge in [0.1, 0.15) is 5.69 Å². The van der Waals surface area contributed by atoms with E-state index in [-0.39, 0.29) is 0 Å². The number of aromatic nitrogens is 3. The summed E-state index contributed by atoms with van der Waals surface area (Å²) in [5.74, 6) is 0. The van der Waals surface area contributed by atoms with Gasteiger partial charge < -0.3 is 5.73 Å². The van der Waals surface area contributed by atoms with Crippen LogP contribution < -0.4 is 5.73 Å². The fourth-order valence-electron chi connectivity index (χ4n) is 1.59. The molecule has 0 radical (unpaired) electrons. The van der Waals surface area contributed by atoms with Crippen molar-refractivity contribution in [2.24, 2.45) is 5.73 Å². The van der Waals surface area contributed by atoms with Crippen molar-refractivity contribution in [1.29, 1.82) is 0 Å². The number of hydrogen-bond acceptors (Lipinski definition) is 4. The number of rotatable bonds is 4. The van der Waals surface area contributed by atoms with Crippen LogP contribution >= 0.6 is 11.8 Å². The molecule has 1 aromatic heterocycles. The predicted octanol–water partition coefficient (Wildman–Crippen LogP) is 2.24. The summed E-state index contributed by atoms with van der Waals surface area (Å²) < 4.78 is 1.82. The number of benzene rings is 1. The molecular weight excluding hydrogens is 244 g/mol. The molecule has 0 atom stereocenters. The molecule has 0 aliphatic heterocycles. The highest BCUT2D eigenvalue weighted by Crippen LogP contribution is 2.16. The minimum Gasteiger partial charge on any atom is -0.320 e. The fraction of sp³-hybridized carbons (Fsp3) is 0.385. The Hall–Kier alpha value is -1.33. The molecule has 1 heterocycles. The van der Waals surface area contributed by atoms with E-state index in [0.29, 0.717) is 0 Å². The molecule has 0 amide bonds. The van der Waals surface area contributed by atoms with Crippen LogP contribution in [-0.2, 0) is 12.1 Å². The molecule has 2 N–H and O–H groups in total. The van der Waals surface area contributed by atoms with Gasteiger partial charge in [-0.2, -0.15) is 0 Å². The largest absolute Gasteiger partial charge is 0.320 e. The maximum atomic E-state index is 5.98. The first-order chi connectivity index (χ1) is 8.49. The van der Waals surface area contributed by atoms with Crippen molar-refractivity contribution in [3.63, 3.8) is 0 Å². The molecule has 5 heteroatoms. The third-order valence-electron chi connectivity index (χ3n) is 2.70. The second kappa shape index (κ2) is 5.12. The molecule has 0 aliphatic rings. The molecule has 1 aromatic carbocycles. The van der Waals surface area contributed by atoms with E-state index in [1.807, 2.05) is 24.7 Å². The van der Waals surface area contributed by atoms with Crippen molar-refractivity contribution in [3.05, 3.63) is 41.7 Å². The molecule has 0 bridgehead atoms. The van der Waals surface area contributed by atoms with E-state index < -0.39 is 5.54 Å². The summed E-state index contributed by atoms with van der Waals surface area (Å²) in [6.45, 7) is 4.57. The maximum Gasteiger partial charge on any atom is 0.102 e. The van der Waals surface area contributed by atoms with Crippen molar-refractivity contribution in [2.45, 2.75) is 30.8 Å². The third-order valence-corrected chi connectivity index (χ3v) is 3.45. The smallest absolute Gasteiger partial charge is 0.102 e. The number of thioether (sulfide) groups is 1. The Morgan fingerprint density at radius 1 is 1.28 bits per heavy atom. The first kappa shape index (κ1) is 13.1. The van der Waals surface area contributed by atoms with Gasteiger partial charge in [0, 0.05) is 4.90 Å². The van der Waals surface area contributed by atoms with Crippen LogP contribution in [0.25, 0.3) is 0 Å². The lowest BCUT2D eigenvalue weighted by atomic mass is 10.0. The van der Waals surface area contributed by atoms with Crippen molar-refractivity contribution >= 4 is 11.8 Å². The summed E-state index contributed by atoms with van der Waals surface area (Å²) in [6, 6.07) is 8.46. The highest BCUT2D eigenvalue weighted by atomic mass is 32.2. The van der Waals surface area contributed by atoms with Crippen molar-refractivity contribution in [2.75, 3.05) is 6.26 Å². The van der Waals surface area contributed by atoms with Crippen LogP contribution in [0.4, 0.5) is 0 Å². The Morgan fingerprint density at radius 2 is 1.94 bits per heavy atom.